The third-order valence-electron chi connectivity index (χ3n) is 2.43. The van der Waals surface area contributed by atoms with Crippen LogP contribution in [0.2, 0.25) is 0 Å². The summed E-state index contributed by atoms with van der Waals surface area (Å²) in [4.78, 5) is 17.2. The molecule has 1 unspecified atom stereocenters. The molecule has 1 saturated heterocycles. The molecule has 15 heavy (non-hydrogen) atoms. The number of rotatable bonds is 4. The average Bonchev–Trinajstić information content (AvgIpc) is 2.48. The number of nitrogens with zero attached hydrogens (tertiary/aromatic N) is 2. The fourth-order valence-corrected chi connectivity index (χ4v) is 1.63. The van der Waals surface area contributed by atoms with Crippen molar-refractivity contribution < 1.29 is 4.79 Å². The van der Waals surface area contributed by atoms with E-state index < -0.39 is 0 Å². The molecule has 3 heteroatoms. The number of carbonyl (C=O) groups excluding carboxylic acids is 1. The predicted molar refractivity (Wildman–Crippen MR) is 67.5 cm³/mol. The minimum atomic E-state index is 0. The van der Waals surface area contributed by atoms with Crippen molar-refractivity contribution in [3.63, 3.8) is 0 Å². The molecule has 0 N–H and O–H groups in total. The third kappa shape index (κ3) is 5.55. The summed E-state index contributed by atoms with van der Waals surface area (Å²) < 4.78 is 0. The van der Waals surface area contributed by atoms with E-state index in [1.54, 1.807) is 7.05 Å². The van der Waals surface area contributed by atoms with Gasteiger partial charge in [-0.25, -0.2) is 0 Å². The van der Waals surface area contributed by atoms with E-state index in [0.717, 1.165) is 32.4 Å². The van der Waals surface area contributed by atoms with Gasteiger partial charge in [0, 0.05) is 32.8 Å². The molecule has 0 aromatic rings. The average molecular weight is 214 g/mol. The Bertz CT molecular complexity index is 202. The van der Waals surface area contributed by atoms with Crippen LogP contribution in [0.4, 0.5) is 0 Å². The van der Waals surface area contributed by atoms with Crippen molar-refractivity contribution in [2.24, 2.45) is 10.9 Å². The maximum atomic E-state index is 11.2. The van der Waals surface area contributed by atoms with Crippen LogP contribution in [0, 0.1) is 5.92 Å². The van der Waals surface area contributed by atoms with Gasteiger partial charge < -0.3 is 9.89 Å². The lowest BCUT2D eigenvalue weighted by Crippen LogP contribution is -2.26. The van der Waals surface area contributed by atoms with E-state index in [-0.39, 0.29) is 14.9 Å². The minimum Gasteiger partial charge on any atom is -0.343 e. The van der Waals surface area contributed by atoms with Crippen LogP contribution in [0.1, 0.15) is 41.0 Å². The van der Waals surface area contributed by atoms with Crippen molar-refractivity contribution in [1.82, 2.24) is 4.90 Å². The van der Waals surface area contributed by atoms with Crippen molar-refractivity contribution in [3.8, 4) is 0 Å². The zero-order valence-corrected chi connectivity index (χ0v) is 8.49. The quantitative estimate of drug-likeness (QED) is 0.662. The first-order valence-corrected chi connectivity index (χ1v) is 4.94. The first-order valence-electron chi connectivity index (χ1n) is 4.94. The molecule has 90 valence electrons. The number of carbonyl (C=O) groups is 1. The second kappa shape index (κ2) is 8.45. The Morgan fingerprint density at radius 1 is 1.53 bits per heavy atom. The highest BCUT2D eigenvalue weighted by Crippen LogP contribution is 2.11. The van der Waals surface area contributed by atoms with Crippen LogP contribution in [0.3, 0.4) is 0 Å². The predicted octanol–water partition coefficient (Wildman–Crippen LogP) is 2.61. The van der Waals surface area contributed by atoms with Crippen LogP contribution in [0.5, 0.6) is 0 Å². The number of likely N-dealkylation sites (tertiary alicyclic amines) is 1. The molecule has 0 spiro atoms. The van der Waals surface area contributed by atoms with Gasteiger partial charge in [0.15, 0.2) is 0 Å². The van der Waals surface area contributed by atoms with Gasteiger partial charge >= 0.3 is 0 Å². The topological polar surface area (TPSA) is 32.7 Å². The van der Waals surface area contributed by atoms with E-state index in [2.05, 4.69) is 11.9 Å². The van der Waals surface area contributed by atoms with Crippen molar-refractivity contribution >= 4 is 12.1 Å². The number of hydrogen-bond acceptors (Lipinski definition) is 2. The molecule has 1 aliphatic rings. The third-order valence-corrected chi connectivity index (χ3v) is 2.43. The molecule has 0 bridgehead atoms. The lowest BCUT2D eigenvalue weighted by atomic mass is 10.1. The molecule has 1 atom stereocenters. The molecule has 1 amide bonds. The van der Waals surface area contributed by atoms with Gasteiger partial charge in [0.2, 0.25) is 5.91 Å². The summed E-state index contributed by atoms with van der Waals surface area (Å²) in [6.07, 6.45) is 4.76. The number of hydrogen-bond donors (Lipinski definition) is 0. The first-order chi connectivity index (χ1) is 6.24. The Balaban J connectivity index is 0. The van der Waals surface area contributed by atoms with Crippen molar-refractivity contribution in [2.45, 2.75) is 41.0 Å². The maximum absolute atomic E-state index is 11.2. The second-order valence-corrected chi connectivity index (χ2v) is 3.66. The highest BCUT2D eigenvalue weighted by atomic mass is 16.2. The first kappa shape index (κ1) is 16.6. The molecule has 1 aliphatic heterocycles. The van der Waals surface area contributed by atoms with Gasteiger partial charge in [0.25, 0.3) is 0 Å². The lowest BCUT2D eigenvalue weighted by Gasteiger charge is -2.16. The highest BCUT2D eigenvalue weighted by molar-refractivity contribution is 5.78. The van der Waals surface area contributed by atoms with Crippen LogP contribution in [0.15, 0.2) is 4.99 Å². The van der Waals surface area contributed by atoms with Gasteiger partial charge in [-0.05, 0) is 18.8 Å². The molecule has 0 saturated carbocycles. The molecule has 0 aromatic heterocycles. The Kier molecular flexibility index (Phi) is 9.33. The van der Waals surface area contributed by atoms with E-state index in [1.807, 2.05) is 11.1 Å². The zero-order chi connectivity index (χ0) is 9.68. The SMILES string of the molecule is C.C.CN=CC(C)CCN1CCCC1=O. The van der Waals surface area contributed by atoms with Crippen molar-refractivity contribution in [3.05, 3.63) is 0 Å². The van der Waals surface area contributed by atoms with E-state index >= 15 is 0 Å². The lowest BCUT2D eigenvalue weighted by molar-refractivity contribution is -0.127. The largest absolute Gasteiger partial charge is 0.343 e. The Hall–Kier alpha value is -0.860. The van der Waals surface area contributed by atoms with E-state index in [0.29, 0.717) is 11.8 Å². The molecular weight excluding hydrogens is 188 g/mol. The van der Waals surface area contributed by atoms with Gasteiger partial charge in [0.1, 0.15) is 0 Å². The second-order valence-electron chi connectivity index (χ2n) is 3.66. The molecule has 0 aliphatic carbocycles. The maximum Gasteiger partial charge on any atom is 0.222 e. The summed E-state index contributed by atoms with van der Waals surface area (Å²) in [5.74, 6) is 0.805. The Morgan fingerprint density at radius 3 is 2.67 bits per heavy atom. The monoisotopic (exact) mass is 214 g/mol. The molecular formula is C12H26N2O. The standard InChI is InChI=1S/C10H18N2O.2CH4/c1-9(8-11-2)5-7-12-6-3-4-10(12)13;;/h8-9H,3-7H2,1-2H3;2*1H4. The fraction of sp³-hybridized carbons (Fsp3) is 0.833. The van der Waals surface area contributed by atoms with E-state index in [4.69, 9.17) is 0 Å². The number of amides is 1. The van der Waals surface area contributed by atoms with Gasteiger partial charge in [-0.2, -0.15) is 0 Å². The molecule has 0 radical (unpaired) electrons. The highest BCUT2D eigenvalue weighted by Gasteiger charge is 2.19. The van der Waals surface area contributed by atoms with Gasteiger partial charge in [-0.1, -0.05) is 21.8 Å². The Labute approximate surface area is 94.6 Å². The van der Waals surface area contributed by atoms with Gasteiger partial charge in [-0.3, -0.25) is 4.79 Å². The minimum absolute atomic E-state index is 0. The summed E-state index contributed by atoms with van der Waals surface area (Å²) in [5.41, 5.74) is 0. The van der Waals surface area contributed by atoms with Gasteiger partial charge in [-0.15, -0.1) is 0 Å². The summed E-state index contributed by atoms with van der Waals surface area (Å²) >= 11 is 0. The molecule has 1 fully saturated rings. The van der Waals surface area contributed by atoms with Crippen LogP contribution in [0.25, 0.3) is 0 Å². The van der Waals surface area contributed by atoms with E-state index in [9.17, 15) is 4.79 Å². The van der Waals surface area contributed by atoms with Crippen LogP contribution in [-0.4, -0.2) is 37.2 Å². The summed E-state index contributed by atoms with van der Waals surface area (Å²) in [5, 5.41) is 0. The zero-order valence-electron chi connectivity index (χ0n) is 8.49. The van der Waals surface area contributed by atoms with Crippen molar-refractivity contribution in [2.75, 3.05) is 20.1 Å². The molecule has 0 aromatic carbocycles. The van der Waals surface area contributed by atoms with Crippen LogP contribution in [-0.2, 0) is 4.79 Å². The smallest absolute Gasteiger partial charge is 0.222 e. The van der Waals surface area contributed by atoms with Crippen LogP contribution < -0.4 is 0 Å². The normalized spacial score (nSPS) is 17.5. The fourth-order valence-electron chi connectivity index (χ4n) is 1.63. The van der Waals surface area contributed by atoms with Crippen LogP contribution >= 0.6 is 0 Å². The van der Waals surface area contributed by atoms with Crippen molar-refractivity contribution in [1.29, 1.82) is 0 Å². The summed E-state index contributed by atoms with van der Waals surface area (Å²) in [7, 11) is 1.79. The number of aliphatic imine (C=N–C) groups is 1. The molecule has 1 rings (SSSR count). The molecule has 3 nitrogen and oxygen atoms in total. The Morgan fingerprint density at radius 2 is 2.20 bits per heavy atom. The summed E-state index contributed by atoms with van der Waals surface area (Å²) in [6.45, 7) is 3.98. The van der Waals surface area contributed by atoms with E-state index in [1.165, 1.54) is 0 Å². The molecule has 1 heterocycles. The van der Waals surface area contributed by atoms with Gasteiger partial charge in [0.05, 0.1) is 0 Å². The summed E-state index contributed by atoms with van der Waals surface area (Å²) in [6, 6.07) is 0.